The summed E-state index contributed by atoms with van der Waals surface area (Å²) in [6.45, 7) is 2.00. The molecule has 0 spiro atoms. The Morgan fingerprint density at radius 1 is 1.22 bits per heavy atom. The Balaban J connectivity index is 2.29. The molecule has 90 valence electrons. The molecule has 0 fully saturated rings. The first kappa shape index (κ1) is 11.1. The van der Waals surface area contributed by atoms with Crippen molar-refractivity contribution in [3.05, 3.63) is 47.0 Å². The van der Waals surface area contributed by atoms with Gasteiger partial charge in [0.1, 0.15) is 5.69 Å². The number of H-pyrrole nitrogens is 1. The standard InChI is InChI=1S/C14H12ClN3/c1-8-10(3-2-4-12(8)15)14-11-6-5-9(16)7-13(11)17-18-14/h2-7H,16H2,1H3,(H,17,18). The number of nitrogens with one attached hydrogen (secondary N) is 1. The number of aromatic amines is 1. The molecule has 0 saturated carbocycles. The van der Waals surface area contributed by atoms with Crippen molar-refractivity contribution in [3.8, 4) is 11.3 Å². The van der Waals surface area contributed by atoms with Crippen LogP contribution in [-0.2, 0) is 0 Å². The predicted molar refractivity (Wildman–Crippen MR) is 75.7 cm³/mol. The van der Waals surface area contributed by atoms with Crippen molar-refractivity contribution in [3.63, 3.8) is 0 Å². The molecular formula is C14H12ClN3. The van der Waals surface area contributed by atoms with Crippen LogP contribution in [0.4, 0.5) is 5.69 Å². The zero-order valence-electron chi connectivity index (χ0n) is 9.87. The molecule has 3 aromatic rings. The van der Waals surface area contributed by atoms with Crippen molar-refractivity contribution in [2.45, 2.75) is 6.92 Å². The molecule has 0 bridgehead atoms. The molecule has 1 aromatic heterocycles. The average molecular weight is 258 g/mol. The van der Waals surface area contributed by atoms with Crippen molar-refractivity contribution in [1.82, 2.24) is 10.2 Å². The number of nitrogen functional groups attached to an aromatic ring is 1. The van der Waals surface area contributed by atoms with Crippen LogP contribution in [0.3, 0.4) is 0 Å². The molecule has 0 unspecified atom stereocenters. The van der Waals surface area contributed by atoms with Crippen molar-refractivity contribution in [1.29, 1.82) is 0 Å². The third-order valence-electron chi connectivity index (χ3n) is 3.11. The molecule has 3 N–H and O–H groups in total. The van der Waals surface area contributed by atoms with Crippen molar-refractivity contribution >= 4 is 28.2 Å². The first-order chi connectivity index (χ1) is 8.66. The van der Waals surface area contributed by atoms with E-state index in [0.29, 0.717) is 0 Å². The third-order valence-corrected chi connectivity index (χ3v) is 3.52. The highest BCUT2D eigenvalue weighted by molar-refractivity contribution is 6.31. The highest BCUT2D eigenvalue weighted by Gasteiger charge is 2.11. The van der Waals surface area contributed by atoms with E-state index in [2.05, 4.69) is 10.2 Å². The second-order valence-corrected chi connectivity index (χ2v) is 4.70. The second kappa shape index (κ2) is 4.03. The predicted octanol–water partition coefficient (Wildman–Crippen LogP) is 3.77. The minimum absolute atomic E-state index is 0.723. The molecular weight excluding hydrogens is 246 g/mol. The maximum atomic E-state index is 6.15. The van der Waals surface area contributed by atoms with Gasteiger partial charge in [0, 0.05) is 21.7 Å². The maximum absolute atomic E-state index is 6.15. The van der Waals surface area contributed by atoms with E-state index in [1.54, 1.807) is 0 Å². The zero-order valence-corrected chi connectivity index (χ0v) is 10.6. The van der Waals surface area contributed by atoms with E-state index in [1.165, 1.54) is 0 Å². The van der Waals surface area contributed by atoms with Gasteiger partial charge in [0.25, 0.3) is 0 Å². The van der Waals surface area contributed by atoms with Gasteiger partial charge in [0.05, 0.1) is 5.52 Å². The molecule has 2 aromatic carbocycles. The van der Waals surface area contributed by atoms with E-state index < -0.39 is 0 Å². The smallest absolute Gasteiger partial charge is 0.100 e. The van der Waals surface area contributed by atoms with E-state index >= 15 is 0 Å². The molecule has 0 aliphatic rings. The number of hydrogen-bond donors (Lipinski definition) is 2. The lowest BCUT2D eigenvalue weighted by Gasteiger charge is -2.05. The molecule has 18 heavy (non-hydrogen) atoms. The molecule has 4 heteroatoms. The van der Waals surface area contributed by atoms with E-state index in [0.717, 1.165) is 38.4 Å². The molecule has 3 nitrogen and oxygen atoms in total. The van der Waals surface area contributed by atoms with E-state index in [1.807, 2.05) is 43.3 Å². The zero-order chi connectivity index (χ0) is 12.7. The lowest BCUT2D eigenvalue weighted by Crippen LogP contribution is -1.85. The van der Waals surface area contributed by atoms with Crippen LogP contribution in [-0.4, -0.2) is 10.2 Å². The lowest BCUT2D eigenvalue weighted by molar-refractivity contribution is 1.12. The summed E-state index contributed by atoms with van der Waals surface area (Å²) in [6, 6.07) is 11.6. The van der Waals surface area contributed by atoms with Crippen molar-refractivity contribution in [2.75, 3.05) is 5.73 Å². The number of hydrogen-bond acceptors (Lipinski definition) is 2. The molecule has 0 radical (unpaired) electrons. The van der Waals surface area contributed by atoms with Gasteiger partial charge in [-0.2, -0.15) is 5.10 Å². The van der Waals surface area contributed by atoms with Gasteiger partial charge < -0.3 is 5.73 Å². The Labute approximate surface area is 110 Å². The first-order valence-corrected chi connectivity index (χ1v) is 6.03. The Kier molecular flexibility index (Phi) is 2.49. The lowest BCUT2D eigenvalue weighted by atomic mass is 10.0. The van der Waals surface area contributed by atoms with Crippen molar-refractivity contribution in [2.24, 2.45) is 0 Å². The van der Waals surface area contributed by atoms with Crippen molar-refractivity contribution < 1.29 is 0 Å². The summed E-state index contributed by atoms with van der Waals surface area (Å²) in [5.74, 6) is 0. The van der Waals surface area contributed by atoms with E-state index in [-0.39, 0.29) is 0 Å². The summed E-state index contributed by atoms with van der Waals surface area (Å²) in [5, 5.41) is 9.17. The Bertz CT molecular complexity index is 731. The van der Waals surface area contributed by atoms with Crippen LogP contribution in [0.25, 0.3) is 22.2 Å². The topological polar surface area (TPSA) is 54.7 Å². The quantitative estimate of drug-likeness (QED) is 0.652. The van der Waals surface area contributed by atoms with Gasteiger partial charge >= 0.3 is 0 Å². The molecule has 0 saturated heterocycles. The molecule has 3 rings (SSSR count). The summed E-state index contributed by atoms with van der Waals surface area (Å²) in [5.41, 5.74) is 10.4. The number of nitrogens with zero attached hydrogens (tertiary/aromatic N) is 1. The number of rotatable bonds is 1. The number of benzene rings is 2. The summed E-state index contributed by atoms with van der Waals surface area (Å²) in [4.78, 5) is 0. The Morgan fingerprint density at radius 3 is 2.89 bits per heavy atom. The van der Waals surface area contributed by atoms with Gasteiger partial charge in [-0.05, 0) is 36.8 Å². The fraction of sp³-hybridized carbons (Fsp3) is 0.0714. The van der Waals surface area contributed by atoms with Gasteiger partial charge in [0.15, 0.2) is 0 Å². The summed E-state index contributed by atoms with van der Waals surface area (Å²) >= 11 is 6.15. The normalized spacial score (nSPS) is 11.0. The van der Waals surface area contributed by atoms with Crippen LogP contribution in [0.2, 0.25) is 5.02 Å². The molecule has 0 amide bonds. The fourth-order valence-corrected chi connectivity index (χ4v) is 2.28. The molecule has 0 aliphatic carbocycles. The average Bonchev–Trinajstić information content (AvgIpc) is 2.75. The summed E-state index contributed by atoms with van der Waals surface area (Å²) in [6.07, 6.45) is 0. The summed E-state index contributed by atoms with van der Waals surface area (Å²) < 4.78 is 0. The van der Waals surface area contributed by atoms with Crippen LogP contribution in [0.15, 0.2) is 36.4 Å². The number of aromatic nitrogens is 2. The second-order valence-electron chi connectivity index (χ2n) is 4.29. The third kappa shape index (κ3) is 1.64. The van der Waals surface area contributed by atoms with Crippen LogP contribution in [0.1, 0.15) is 5.56 Å². The molecule has 0 aliphatic heterocycles. The van der Waals surface area contributed by atoms with Gasteiger partial charge in [-0.15, -0.1) is 0 Å². The van der Waals surface area contributed by atoms with Crippen LogP contribution in [0, 0.1) is 6.92 Å². The Morgan fingerprint density at radius 2 is 2.06 bits per heavy atom. The first-order valence-electron chi connectivity index (χ1n) is 5.66. The maximum Gasteiger partial charge on any atom is 0.100 e. The van der Waals surface area contributed by atoms with Crippen LogP contribution in [0.5, 0.6) is 0 Å². The van der Waals surface area contributed by atoms with E-state index in [9.17, 15) is 0 Å². The minimum Gasteiger partial charge on any atom is -0.399 e. The van der Waals surface area contributed by atoms with Gasteiger partial charge in [0.2, 0.25) is 0 Å². The van der Waals surface area contributed by atoms with Gasteiger partial charge in [-0.3, -0.25) is 5.10 Å². The monoisotopic (exact) mass is 257 g/mol. The van der Waals surface area contributed by atoms with Gasteiger partial charge in [-0.1, -0.05) is 23.7 Å². The molecule has 1 heterocycles. The number of nitrogens with two attached hydrogens (primary N) is 1. The number of anilines is 1. The van der Waals surface area contributed by atoms with E-state index in [4.69, 9.17) is 17.3 Å². The van der Waals surface area contributed by atoms with Crippen LogP contribution >= 0.6 is 11.6 Å². The summed E-state index contributed by atoms with van der Waals surface area (Å²) in [7, 11) is 0. The number of fused-ring (bicyclic) bond motifs is 1. The Hall–Kier alpha value is -2.00. The molecule has 0 atom stereocenters. The SMILES string of the molecule is Cc1c(Cl)cccc1-c1n[nH]c2cc(N)ccc12. The van der Waals surface area contributed by atoms with Crippen LogP contribution < -0.4 is 5.73 Å². The highest BCUT2D eigenvalue weighted by Crippen LogP contribution is 2.32. The fourth-order valence-electron chi connectivity index (χ4n) is 2.11. The minimum atomic E-state index is 0.723. The van der Waals surface area contributed by atoms with Gasteiger partial charge in [-0.25, -0.2) is 0 Å². The largest absolute Gasteiger partial charge is 0.399 e. The highest BCUT2D eigenvalue weighted by atomic mass is 35.5. The number of halogens is 1.